The molecule has 6 nitrogen and oxygen atoms in total. The molecule has 2 atom stereocenters. The highest BCUT2D eigenvalue weighted by molar-refractivity contribution is 6.30. The average Bonchev–Trinajstić information content (AvgIpc) is 3.08. The zero-order chi connectivity index (χ0) is 26.3. The highest BCUT2D eigenvalue weighted by Gasteiger charge is 2.56. The summed E-state index contributed by atoms with van der Waals surface area (Å²) in [5, 5.41) is 15.0. The number of benzene rings is 1. The van der Waals surface area contributed by atoms with Crippen LogP contribution in [0.25, 0.3) is 0 Å². The van der Waals surface area contributed by atoms with Crippen molar-refractivity contribution in [2.45, 2.75) is 50.7 Å². The first-order valence-corrected chi connectivity index (χ1v) is 12.9. The second-order valence-electron chi connectivity index (χ2n) is 10.1. The van der Waals surface area contributed by atoms with E-state index in [0.717, 1.165) is 31.7 Å². The average molecular weight is 528 g/mol. The number of pyridine rings is 1. The molecule has 2 N–H and O–H groups in total. The highest BCUT2D eigenvalue weighted by atomic mass is 35.5. The summed E-state index contributed by atoms with van der Waals surface area (Å²) >= 11 is 6.00. The summed E-state index contributed by atoms with van der Waals surface area (Å²) in [6, 6.07) is 5.44. The molecular weight excluding hydrogens is 500 g/mol. The molecule has 1 saturated carbocycles. The molecule has 3 aliphatic rings. The van der Waals surface area contributed by atoms with E-state index in [1.54, 1.807) is 25.1 Å². The zero-order valence-corrected chi connectivity index (χ0v) is 21.1. The van der Waals surface area contributed by atoms with Crippen LogP contribution in [0, 0.1) is 24.6 Å². The number of rotatable bonds is 5. The maximum absolute atomic E-state index is 14.8. The molecule has 2 unspecified atom stereocenters. The molecule has 194 valence electrons. The fraction of sp³-hybridized carbons (Fsp3) is 0.393. The summed E-state index contributed by atoms with van der Waals surface area (Å²) in [6.45, 7) is 2.08. The van der Waals surface area contributed by atoms with Crippen LogP contribution < -0.4 is 10.2 Å². The van der Waals surface area contributed by atoms with Crippen LogP contribution in [0.3, 0.4) is 0 Å². The monoisotopic (exact) mass is 527 g/mol. The fourth-order valence-corrected chi connectivity index (χ4v) is 5.88. The number of halogens is 3. The maximum Gasteiger partial charge on any atom is 0.264 e. The molecule has 1 fully saturated rings. The standard InChI is InChI=1S/C28H28ClF2N3O3/c1-16-21(12-18(29)14-32-16)26(35)33-20-9-6-17(7-10-20)15-34-25-11-8-19(30)13-23(25)28(37,27(34)36)22-4-2-3-5-24(22)31/h2-3,5,8,11-14,17,20,22,37H,4,6-7,9-10,15H2,1H3,(H,33,35). The molecule has 2 amide bonds. The number of nitrogens with one attached hydrogen (secondary N) is 1. The molecule has 2 heterocycles. The normalized spacial score (nSPS) is 27.2. The first-order chi connectivity index (χ1) is 17.7. The van der Waals surface area contributed by atoms with Gasteiger partial charge in [0.2, 0.25) is 0 Å². The van der Waals surface area contributed by atoms with Crippen LogP contribution in [0.15, 0.2) is 54.5 Å². The second kappa shape index (κ2) is 9.99. The van der Waals surface area contributed by atoms with E-state index < -0.39 is 29.1 Å². The smallest absolute Gasteiger partial charge is 0.264 e. The molecule has 37 heavy (non-hydrogen) atoms. The minimum absolute atomic E-state index is 0.0250. The third kappa shape index (κ3) is 4.68. The van der Waals surface area contributed by atoms with Crippen molar-refractivity contribution < 1.29 is 23.5 Å². The Morgan fingerprint density at radius 1 is 1.24 bits per heavy atom. The lowest BCUT2D eigenvalue weighted by atomic mass is 9.78. The Morgan fingerprint density at radius 3 is 2.73 bits per heavy atom. The molecule has 0 bridgehead atoms. The van der Waals surface area contributed by atoms with Crippen molar-refractivity contribution in [1.82, 2.24) is 10.3 Å². The van der Waals surface area contributed by atoms with Gasteiger partial charge in [-0.25, -0.2) is 8.78 Å². The van der Waals surface area contributed by atoms with Gasteiger partial charge < -0.3 is 15.3 Å². The van der Waals surface area contributed by atoms with Gasteiger partial charge in [0.25, 0.3) is 11.8 Å². The second-order valence-corrected chi connectivity index (χ2v) is 10.5. The predicted octanol–water partition coefficient (Wildman–Crippen LogP) is 5.14. The summed E-state index contributed by atoms with van der Waals surface area (Å²) in [4.78, 5) is 32.0. The van der Waals surface area contributed by atoms with Crippen molar-refractivity contribution in [2.24, 2.45) is 11.8 Å². The fourth-order valence-electron chi connectivity index (χ4n) is 5.72. The number of fused-ring (bicyclic) bond motifs is 1. The summed E-state index contributed by atoms with van der Waals surface area (Å²) in [6.07, 6.45) is 9.04. The quantitative estimate of drug-likeness (QED) is 0.564. The van der Waals surface area contributed by atoms with E-state index in [-0.39, 0.29) is 29.9 Å². The largest absolute Gasteiger partial charge is 0.375 e. The lowest BCUT2D eigenvalue weighted by Crippen LogP contribution is -2.48. The van der Waals surface area contributed by atoms with Gasteiger partial charge in [-0.1, -0.05) is 23.8 Å². The highest BCUT2D eigenvalue weighted by Crippen LogP contribution is 2.49. The summed E-state index contributed by atoms with van der Waals surface area (Å²) in [5.41, 5.74) is -0.607. The van der Waals surface area contributed by atoms with E-state index >= 15 is 0 Å². The third-order valence-electron chi connectivity index (χ3n) is 7.75. The zero-order valence-electron chi connectivity index (χ0n) is 20.4. The molecule has 2 aromatic rings. The summed E-state index contributed by atoms with van der Waals surface area (Å²) < 4.78 is 28.9. The molecule has 2 aliphatic carbocycles. The number of carbonyl (C=O) groups excluding carboxylic acids is 2. The number of hydrogen-bond donors (Lipinski definition) is 2. The topological polar surface area (TPSA) is 82.5 Å². The van der Waals surface area contributed by atoms with E-state index in [9.17, 15) is 23.5 Å². The van der Waals surface area contributed by atoms with E-state index in [4.69, 9.17) is 11.6 Å². The first-order valence-electron chi connectivity index (χ1n) is 12.5. The lowest BCUT2D eigenvalue weighted by Gasteiger charge is -2.34. The number of anilines is 1. The van der Waals surface area contributed by atoms with Crippen molar-refractivity contribution in [1.29, 1.82) is 0 Å². The molecular formula is C28H28ClF2N3O3. The molecule has 0 spiro atoms. The van der Waals surface area contributed by atoms with Gasteiger partial charge in [0.05, 0.1) is 27.9 Å². The van der Waals surface area contributed by atoms with Crippen LogP contribution in [0.1, 0.15) is 53.7 Å². The van der Waals surface area contributed by atoms with Crippen molar-refractivity contribution in [2.75, 3.05) is 11.4 Å². The Morgan fingerprint density at radius 2 is 2.00 bits per heavy atom. The van der Waals surface area contributed by atoms with Crippen LogP contribution >= 0.6 is 11.6 Å². The molecule has 9 heteroatoms. The Kier molecular flexibility index (Phi) is 6.89. The summed E-state index contributed by atoms with van der Waals surface area (Å²) in [5.74, 6) is -3.04. The number of hydrogen-bond acceptors (Lipinski definition) is 4. The van der Waals surface area contributed by atoms with E-state index in [0.29, 0.717) is 28.5 Å². The molecule has 5 rings (SSSR count). The third-order valence-corrected chi connectivity index (χ3v) is 7.96. The van der Waals surface area contributed by atoms with Crippen molar-refractivity contribution in [3.8, 4) is 0 Å². The van der Waals surface area contributed by atoms with E-state index in [1.165, 1.54) is 29.3 Å². The van der Waals surface area contributed by atoms with Crippen molar-refractivity contribution in [3.63, 3.8) is 0 Å². The Bertz CT molecular complexity index is 1310. The number of carbonyl (C=O) groups is 2. The van der Waals surface area contributed by atoms with Crippen LogP contribution in [0.4, 0.5) is 14.5 Å². The van der Waals surface area contributed by atoms with Gasteiger partial charge in [0.1, 0.15) is 11.6 Å². The summed E-state index contributed by atoms with van der Waals surface area (Å²) in [7, 11) is 0. The first kappa shape index (κ1) is 25.5. The van der Waals surface area contributed by atoms with E-state index in [2.05, 4.69) is 10.3 Å². The number of aryl methyl sites for hydroxylation is 1. The lowest BCUT2D eigenvalue weighted by molar-refractivity contribution is -0.141. The molecule has 1 aromatic heterocycles. The number of aliphatic hydroxyl groups is 1. The Hall–Kier alpha value is -3.10. The molecule has 0 radical (unpaired) electrons. The number of amides is 2. The van der Waals surface area contributed by atoms with Crippen molar-refractivity contribution in [3.05, 3.63) is 82.2 Å². The number of allylic oxidation sites excluding steroid dienone is 3. The van der Waals surface area contributed by atoms with Gasteiger partial charge in [-0.05, 0) is 75.3 Å². The molecule has 1 aromatic carbocycles. The maximum atomic E-state index is 14.8. The van der Waals surface area contributed by atoms with E-state index in [1.807, 2.05) is 0 Å². The van der Waals surface area contributed by atoms with Crippen LogP contribution in [0.2, 0.25) is 5.02 Å². The number of nitrogens with zero attached hydrogens (tertiary/aromatic N) is 2. The number of aromatic nitrogens is 1. The molecule has 1 aliphatic heterocycles. The van der Waals surface area contributed by atoms with Gasteiger partial charge in [-0.3, -0.25) is 14.6 Å². The minimum Gasteiger partial charge on any atom is -0.375 e. The van der Waals surface area contributed by atoms with Gasteiger partial charge in [-0.15, -0.1) is 0 Å². The van der Waals surface area contributed by atoms with Crippen LogP contribution in [-0.4, -0.2) is 34.5 Å². The Labute approximate surface area is 219 Å². The van der Waals surface area contributed by atoms with Crippen molar-refractivity contribution >= 4 is 29.1 Å². The Balaban J connectivity index is 1.28. The van der Waals surface area contributed by atoms with Gasteiger partial charge >= 0.3 is 0 Å². The van der Waals surface area contributed by atoms with Crippen LogP contribution in [0.5, 0.6) is 0 Å². The molecule has 0 saturated heterocycles. The minimum atomic E-state index is -2.17. The van der Waals surface area contributed by atoms with Crippen LogP contribution in [-0.2, 0) is 10.4 Å². The SMILES string of the molecule is Cc1ncc(Cl)cc1C(=O)NC1CCC(CN2C(=O)C(O)(C3CC=CC=C3F)c3cc(F)ccc32)CC1. The van der Waals surface area contributed by atoms with Gasteiger partial charge in [0.15, 0.2) is 5.60 Å². The predicted molar refractivity (Wildman–Crippen MR) is 136 cm³/mol. The van der Waals surface area contributed by atoms with Gasteiger partial charge in [0, 0.05) is 24.3 Å². The van der Waals surface area contributed by atoms with Gasteiger partial charge in [-0.2, -0.15) is 0 Å².